The third-order valence-electron chi connectivity index (χ3n) is 1.85. The smallest absolute Gasteiger partial charge is 0.137 e. The van der Waals surface area contributed by atoms with Crippen molar-refractivity contribution < 1.29 is 4.74 Å². The summed E-state index contributed by atoms with van der Waals surface area (Å²) in [5.74, 6) is 3.21. The molecule has 0 atom stereocenters. The van der Waals surface area contributed by atoms with Crippen LogP contribution in [0.5, 0.6) is 5.75 Å². The van der Waals surface area contributed by atoms with Crippen LogP contribution in [-0.2, 0) is 0 Å². The van der Waals surface area contributed by atoms with E-state index >= 15 is 0 Å². The molecule has 0 radical (unpaired) electrons. The van der Waals surface area contributed by atoms with E-state index in [1.54, 1.807) is 0 Å². The summed E-state index contributed by atoms with van der Waals surface area (Å²) >= 11 is 5.99. The van der Waals surface area contributed by atoms with Crippen molar-refractivity contribution in [3.63, 3.8) is 0 Å². The fourth-order valence-corrected chi connectivity index (χ4v) is 1.41. The van der Waals surface area contributed by atoms with Gasteiger partial charge in [0.25, 0.3) is 0 Å². The minimum absolute atomic E-state index is 0.560. The average molecular weight is 224 g/mol. The van der Waals surface area contributed by atoms with Crippen LogP contribution in [0.3, 0.4) is 0 Å². The van der Waals surface area contributed by atoms with Crippen molar-refractivity contribution in [2.75, 3.05) is 19.7 Å². The average Bonchev–Trinajstić information content (AvgIpc) is 2.20. The fourth-order valence-electron chi connectivity index (χ4n) is 1.12. The van der Waals surface area contributed by atoms with Gasteiger partial charge in [0.2, 0.25) is 0 Å². The molecule has 0 aromatic heterocycles. The number of terminal acetylenes is 1. The lowest BCUT2D eigenvalue weighted by Gasteiger charge is -2.08. The molecule has 0 spiro atoms. The zero-order chi connectivity index (χ0) is 11.1. The molecule has 0 saturated carbocycles. The minimum Gasteiger partial charge on any atom is -0.491 e. The number of rotatable bonds is 5. The second kappa shape index (κ2) is 6.34. The summed E-state index contributed by atoms with van der Waals surface area (Å²) in [7, 11) is 0. The van der Waals surface area contributed by atoms with Gasteiger partial charge in [-0.25, -0.2) is 0 Å². The molecule has 1 rings (SSSR count). The predicted molar refractivity (Wildman–Crippen MR) is 63.4 cm³/mol. The van der Waals surface area contributed by atoms with Crippen LogP contribution >= 0.6 is 11.6 Å². The van der Waals surface area contributed by atoms with Crippen LogP contribution in [0.1, 0.15) is 5.56 Å². The molecule has 0 aliphatic carbocycles. The van der Waals surface area contributed by atoms with Gasteiger partial charge in [0.15, 0.2) is 0 Å². The maximum absolute atomic E-state index is 5.99. The van der Waals surface area contributed by atoms with Crippen LogP contribution < -0.4 is 10.1 Å². The SMILES string of the molecule is C#CCNCCOc1ccc(C)cc1Cl. The van der Waals surface area contributed by atoms with E-state index in [0.717, 1.165) is 5.56 Å². The Kier molecular flexibility index (Phi) is 5.03. The molecule has 1 aromatic carbocycles. The van der Waals surface area contributed by atoms with Gasteiger partial charge in [-0.2, -0.15) is 0 Å². The lowest BCUT2D eigenvalue weighted by molar-refractivity contribution is 0.317. The summed E-state index contributed by atoms with van der Waals surface area (Å²) < 4.78 is 5.48. The van der Waals surface area contributed by atoms with Gasteiger partial charge in [-0.1, -0.05) is 23.6 Å². The molecule has 3 heteroatoms. The zero-order valence-corrected chi connectivity index (χ0v) is 9.47. The first-order chi connectivity index (χ1) is 7.24. The van der Waals surface area contributed by atoms with Crippen molar-refractivity contribution in [3.8, 4) is 18.1 Å². The topological polar surface area (TPSA) is 21.3 Å². The van der Waals surface area contributed by atoms with Crippen LogP contribution in [0.15, 0.2) is 18.2 Å². The molecule has 15 heavy (non-hydrogen) atoms. The largest absolute Gasteiger partial charge is 0.491 e. The van der Waals surface area contributed by atoms with Crippen LogP contribution in [0, 0.1) is 19.3 Å². The summed E-state index contributed by atoms with van der Waals surface area (Å²) in [6.07, 6.45) is 5.09. The number of hydrogen-bond donors (Lipinski definition) is 1. The van der Waals surface area contributed by atoms with Crippen LogP contribution in [0.2, 0.25) is 5.02 Å². The monoisotopic (exact) mass is 223 g/mol. The van der Waals surface area contributed by atoms with E-state index in [4.69, 9.17) is 22.8 Å². The molecule has 0 saturated heterocycles. The van der Waals surface area contributed by atoms with Gasteiger partial charge in [0.1, 0.15) is 12.4 Å². The second-order valence-electron chi connectivity index (χ2n) is 3.16. The van der Waals surface area contributed by atoms with E-state index < -0.39 is 0 Å². The van der Waals surface area contributed by atoms with Gasteiger partial charge in [-0.05, 0) is 24.6 Å². The first-order valence-corrected chi connectivity index (χ1v) is 5.15. The first kappa shape index (κ1) is 11.9. The molecule has 0 bridgehead atoms. The van der Waals surface area contributed by atoms with Crippen LogP contribution in [0.4, 0.5) is 0 Å². The molecule has 2 nitrogen and oxygen atoms in total. The Balaban J connectivity index is 2.35. The van der Waals surface area contributed by atoms with Gasteiger partial charge < -0.3 is 10.1 Å². The second-order valence-corrected chi connectivity index (χ2v) is 3.57. The number of nitrogens with one attached hydrogen (secondary N) is 1. The Labute approximate surface area is 95.6 Å². The third-order valence-corrected chi connectivity index (χ3v) is 2.15. The molecular formula is C12H14ClNO. The lowest BCUT2D eigenvalue weighted by Crippen LogP contribution is -2.21. The summed E-state index contributed by atoms with van der Waals surface area (Å²) in [5.41, 5.74) is 1.12. The minimum atomic E-state index is 0.560. The van der Waals surface area contributed by atoms with Gasteiger partial charge in [-0.3, -0.25) is 0 Å². The fraction of sp³-hybridized carbons (Fsp3) is 0.333. The highest BCUT2D eigenvalue weighted by Crippen LogP contribution is 2.24. The first-order valence-electron chi connectivity index (χ1n) is 4.77. The van der Waals surface area contributed by atoms with Crippen molar-refractivity contribution in [2.45, 2.75) is 6.92 Å². The van der Waals surface area contributed by atoms with E-state index in [-0.39, 0.29) is 0 Å². The summed E-state index contributed by atoms with van der Waals surface area (Å²) in [5, 5.41) is 3.68. The normalized spacial score (nSPS) is 9.67. The highest BCUT2D eigenvalue weighted by atomic mass is 35.5. The van der Waals surface area contributed by atoms with E-state index in [0.29, 0.717) is 30.5 Å². The van der Waals surface area contributed by atoms with Gasteiger partial charge in [0.05, 0.1) is 11.6 Å². The molecule has 1 aromatic rings. The van der Waals surface area contributed by atoms with Crippen molar-refractivity contribution in [1.82, 2.24) is 5.32 Å². The number of hydrogen-bond acceptors (Lipinski definition) is 2. The van der Waals surface area contributed by atoms with Crippen molar-refractivity contribution in [2.24, 2.45) is 0 Å². The Morgan fingerprint density at radius 2 is 2.33 bits per heavy atom. The highest BCUT2D eigenvalue weighted by Gasteiger charge is 2.00. The van der Waals surface area contributed by atoms with Gasteiger partial charge >= 0.3 is 0 Å². The van der Waals surface area contributed by atoms with E-state index in [2.05, 4.69) is 11.2 Å². The molecule has 0 fully saturated rings. The Bertz CT molecular complexity index is 357. The lowest BCUT2D eigenvalue weighted by atomic mass is 10.2. The molecule has 0 unspecified atom stereocenters. The summed E-state index contributed by atoms with van der Waals surface area (Å²) in [6, 6.07) is 5.72. The molecule has 1 N–H and O–H groups in total. The molecule has 0 amide bonds. The molecular weight excluding hydrogens is 210 g/mol. The Morgan fingerprint density at radius 3 is 3.00 bits per heavy atom. The van der Waals surface area contributed by atoms with Crippen molar-refractivity contribution in [1.29, 1.82) is 0 Å². The molecule has 0 heterocycles. The van der Waals surface area contributed by atoms with Gasteiger partial charge in [0, 0.05) is 6.54 Å². The quantitative estimate of drug-likeness (QED) is 0.611. The maximum atomic E-state index is 5.99. The summed E-state index contributed by atoms with van der Waals surface area (Å²) in [6.45, 7) is 3.83. The van der Waals surface area contributed by atoms with E-state index in [9.17, 15) is 0 Å². The van der Waals surface area contributed by atoms with E-state index in [1.807, 2.05) is 25.1 Å². The number of benzene rings is 1. The zero-order valence-electron chi connectivity index (χ0n) is 8.72. The molecule has 0 aliphatic rings. The number of aryl methyl sites for hydroxylation is 1. The van der Waals surface area contributed by atoms with E-state index in [1.165, 1.54) is 0 Å². The van der Waals surface area contributed by atoms with Crippen LogP contribution in [0.25, 0.3) is 0 Å². The van der Waals surface area contributed by atoms with Gasteiger partial charge in [-0.15, -0.1) is 6.42 Å². The van der Waals surface area contributed by atoms with Crippen LogP contribution in [-0.4, -0.2) is 19.7 Å². The number of halogens is 1. The molecule has 80 valence electrons. The Morgan fingerprint density at radius 1 is 1.53 bits per heavy atom. The Hall–Kier alpha value is -1.17. The maximum Gasteiger partial charge on any atom is 0.137 e. The summed E-state index contributed by atoms with van der Waals surface area (Å²) in [4.78, 5) is 0. The van der Waals surface area contributed by atoms with Crippen molar-refractivity contribution in [3.05, 3.63) is 28.8 Å². The highest BCUT2D eigenvalue weighted by molar-refractivity contribution is 6.32. The third kappa shape index (κ3) is 4.24. The standard InChI is InChI=1S/C12H14ClNO/c1-3-6-14-7-8-15-12-5-4-10(2)9-11(12)13/h1,4-5,9,14H,6-8H2,2H3. The van der Waals surface area contributed by atoms with Crippen molar-refractivity contribution >= 4 is 11.6 Å². The predicted octanol–water partition coefficient (Wildman–Crippen LogP) is 2.25. The number of ether oxygens (including phenoxy) is 1. The molecule has 0 aliphatic heterocycles.